The number of amides is 2. The van der Waals surface area contributed by atoms with E-state index in [9.17, 15) is 28.3 Å². The molecular weight excluding hydrogens is 450 g/mol. The molecular formula is C24H24F2N2O6. The molecule has 0 spiro atoms. The van der Waals surface area contributed by atoms with Gasteiger partial charge in [-0.2, -0.15) is 0 Å². The smallest absolute Gasteiger partial charge is 0.407 e. The number of carboxylic acid groups (broad SMARTS) is 1. The van der Waals surface area contributed by atoms with Crippen LogP contribution in [0, 0.1) is 0 Å². The number of alkyl carbamates (subject to hydrolysis) is 1. The van der Waals surface area contributed by atoms with E-state index in [1.54, 1.807) is 0 Å². The molecule has 1 aliphatic carbocycles. The van der Waals surface area contributed by atoms with Crippen LogP contribution in [0.25, 0.3) is 11.1 Å². The topological polar surface area (TPSA) is 105 Å². The van der Waals surface area contributed by atoms with Gasteiger partial charge in [0.15, 0.2) is 0 Å². The molecule has 2 atom stereocenters. The largest absolute Gasteiger partial charge is 0.480 e. The van der Waals surface area contributed by atoms with E-state index in [1.165, 1.54) is 7.11 Å². The molecule has 0 aromatic heterocycles. The second kappa shape index (κ2) is 9.38. The number of likely N-dealkylation sites (tertiary alicyclic amines) is 1. The molecule has 0 radical (unpaired) electrons. The highest BCUT2D eigenvalue weighted by molar-refractivity contribution is 5.90. The fourth-order valence-corrected chi connectivity index (χ4v) is 4.59. The molecule has 1 saturated heterocycles. The predicted octanol–water partition coefficient (Wildman–Crippen LogP) is 2.86. The van der Waals surface area contributed by atoms with Crippen molar-refractivity contribution >= 4 is 18.0 Å². The van der Waals surface area contributed by atoms with Crippen molar-refractivity contribution in [2.75, 3.05) is 26.9 Å². The minimum Gasteiger partial charge on any atom is -0.480 e. The number of methoxy groups -OCH3 is 1. The molecule has 1 fully saturated rings. The van der Waals surface area contributed by atoms with Crippen LogP contribution in [-0.2, 0) is 19.1 Å². The lowest BCUT2D eigenvalue weighted by Gasteiger charge is -2.26. The maximum atomic E-state index is 13.8. The number of carbonyl (C=O) groups excluding carboxylic acids is 2. The molecule has 1 unspecified atom stereocenters. The molecule has 2 aliphatic rings. The third kappa shape index (κ3) is 4.58. The summed E-state index contributed by atoms with van der Waals surface area (Å²) in [5.41, 5.74) is 4.11. The Kier molecular flexibility index (Phi) is 6.52. The summed E-state index contributed by atoms with van der Waals surface area (Å²) in [6.07, 6.45) is -1.92. The molecule has 0 bridgehead atoms. The summed E-state index contributed by atoms with van der Waals surface area (Å²) in [6, 6.07) is 12.5. The Morgan fingerprint density at radius 3 is 2.26 bits per heavy atom. The fourth-order valence-electron chi connectivity index (χ4n) is 4.59. The van der Waals surface area contributed by atoms with Gasteiger partial charge in [0.1, 0.15) is 18.7 Å². The van der Waals surface area contributed by atoms with E-state index in [2.05, 4.69) is 5.32 Å². The van der Waals surface area contributed by atoms with Gasteiger partial charge in [-0.25, -0.2) is 18.4 Å². The normalized spacial score (nSPS) is 19.3. The van der Waals surface area contributed by atoms with E-state index >= 15 is 0 Å². The Bertz CT molecular complexity index is 1060. The quantitative estimate of drug-likeness (QED) is 0.640. The van der Waals surface area contributed by atoms with Gasteiger partial charge in [-0.15, -0.1) is 0 Å². The van der Waals surface area contributed by atoms with Crippen molar-refractivity contribution in [3.63, 3.8) is 0 Å². The highest BCUT2D eigenvalue weighted by Crippen LogP contribution is 2.44. The van der Waals surface area contributed by atoms with E-state index in [1.807, 2.05) is 48.5 Å². The molecule has 2 aromatic rings. The van der Waals surface area contributed by atoms with Crippen LogP contribution < -0.4 is 5.32 Å². The number of alkyl halides is 2. The van der Waals surface area contributed by atoms with Crippen molar-refractivity contribution < 1.29 is 37.7 Å². The summed E-state index contributed by atoms with van der Waals surface area (Å²) < 4.78 is 38.0. The first-order chi connectivity index (χ1) is 16.2. The molecule has 10 heteroatoms. The number of aliphatic carboxylic acids is 1. The van der Waals surface area contributed by atoms with Gasteiger partial charge in [0.25, 0.3) is 5.92 Å². The summed E-state index contributed by atoms with van der Waals surface area (Å²) in [4.78, 5) is 37.3. The lowest BCUT2D eigenvalue weighted by atomic mass is 9.98. The van der Waals surface area contributed by atoms with Crippen LogP contribution >= 0.6 is 0 Å². The molecule has 180 valence electrons. The molecule has 0 saturated carbocycles. The van der Waals surface area contributed by atoms with Crippen LogP contribution in [0.15, 0.2) is 48.5 Å². The number of carboxylic acids is 1. The zero-order chi connectivity index (χ0) is 24.5. The Balaban J connectivity index is 1.44. The number of hydrogen-bond donors (Lipinski definition) is 2. The molecule has 2 aromatic carbocycles. The molecule has 2 N–H and O–H groups in total. The van der Waals surface area contributed by atoms with Crippen molar-refractivity contribution in [3.8, 4) is 11.1 Å². The summed E-state index contributed by atoms with van der Waals surface area (Å²) in [6.45, 7) is -1.39. The number of halogens is 2. The first-order valence-corrected chi connectivity index (χ1v) is 10.7. The van der Waals surface area contributed by atoms with Gasteiger partial charge in [0.05, 0.1) is 13.2 Å². The Labute approximate surface area is 194 Å². The van der Waals surface area contributed by atoms with E-state index < -0.39 is 48.9 Å². The number of benzene rings is 2. The van der Waals surface area contributed by atoms with Gasteiger partial charge in [-0.3, -0.25) is 4.79 Å². The van der Waals surface area contributed by atoms with Gasteiger partial charge >= 0.3 is 12.1 Å². The summed E-state index contributed by atoms with van der Waals surface area (Å²) in [7, 11) is 1.27. The number of hydrogen-bond acceptors (Lipinski definition) is 5. The second-order valence-corrected chi connectivity index (χ2v) is 8.36. The number of rotatable bonds is 7. The maximum Gasteiger partial charge on any atom is 0.407 e. The van der Waals surface area contributed by atoms with E-state index in [-0.39, 0.29) is 19.1 Å². The Hall–Kier alpha value is -3.53. The summed E-state index contributed by atoms with van der Waals surface area (Å²) >= 11 is 0. The monoisotopic (exact) mass is 474 g/mol. The SMILES string of the molecule is COCC(NC(=O)OCC1c2ccccc2-c2ccccc21)C(=O)N1CC(F)(F)C[C@@H]1C(=O)O. The first kappa shape index (κ1) is 23.6. The summed E-state index contributed by atoms with van der Waals surface area (Å²) in [5.74, 6) is -6.05. The Morgan fingerprint density at radius 1 is 1.12 bits per heavy atom. The lowest BCUT2D eigenvalue weighted by molar-refractivity contribution is -0.149. The molecule has 8 nitrogen and oxygen atoms in total. The third-order valence-electron chi connectivity index (χ3n) is 6.11. The number of ether oxygens (including phenoxy) is 2. The third-order valence-corrected chi connectivity index (χ3v) is 6.11. The fraction of sp³-hybridized carbons (Fsp3) is 0.375. The van der Waals surface area contributed by atoms with Crippen LogP contribution in [0.5, 0.6) is 0 Å². The Morgan fingerprint density at radius 2 is 1.71 bits per heavy atom. The van der Waals surface area contributed by atoms with E-state index in [0.29, 0.717) is 4.90 Å². The van der Waals surface area contributed by atoms with Gasteiger partial charge in [0.2, 0.25) is 5.91 Å². The van der Waals surface area contributed by atoms with Gasteiger partial charge in [-0.05, 0) is 22.3 Å². The molecule has 2 amide bonds. The minimum absolute atomic E-state index is 0.00666. The number of nitrogens with zero attached hydrogens (tertiary/aromatic N) is 1. The maximum absolute atomic E-state index is 13.8. The van der Waals surface area contributed by atoms with Crippen LogP contribution in [-0.4, -0.2) is 72.9 Å². The van der Waals surface area contributed by atoms with Crippen LogP contribution in [0.4, 0.5) is 13.6 Å². The number of carbonyl (C=O) groups is 3. The molecule has 1 aliphatic heterocycles. The van der Waals surface area contributed by atoms with Crippen LogP contribution in [0.1, 0.15) is 23.5 Å². The first-order valence-electron chi connectivity index (χ1n) is 10.7. The average Bonchev–Trinajstić information content (AvgIpc) is 3.31. The zero-order valence-electron chi connectivity index (χ0n) is 18.4. The van der Waals surface area contributed by atoms with Crippen molar-refractivity contribution in [3.05, 3.63) is 59.7 Å². The second-order valence-electron chi connectivity index (χ2n) is 8.36. The van der Waals surface area contributed by atoms with Crippen molar-refractivity contribution in [1.82, 2.24) is 10.2 Å². The highest BCUT2D eigenvalue weighted by Gasteiger charge is 2.51. The average molecular weight is 474 g/mol. The predicted molar refractivity (Wildman–Crippen MR) is 117 cm³/mol. The van der Waals surface area contributed by atoms with Gasteiger partial charge in [-0.1, -0.05) is 48.5 Å². The van der Waals surface area contributed by atoms with E-state index in [4.69, 9.17) is 9.47 Å². The lowest BCUT2D eigenvalue weighted by Crippen LogP contribution is -2.53. The molecule has 1 heterocycles. The van der Waals surface area contributed by atoms with Crippen molar-refractivity contribution in [1.29, 1.82) is 0 Å². The van der Waals surface area contributed by atoms with Gasteiger partial charge < -0.3 is 24.8 Å². The van der Waals surface area contributed by atoms with Crippen LogP contribution in [0.3, 0.4) is 0 Å². The van der Waals surface area contributed by atoms with Crippen molar-refractivity contribution in [2.24, 2.45) is 0 Å². The number of fused-ring (bicyclic) bond motifs is 3. The van der Waals surface area contributed by atoms with E-state index in [0.717, 1.165) is 22.3 Å². The van der Waals surface area contributed by atoms with Crippen LogP contribution in [0.2, 0.25) is 0 Å². The zero-order valence-corrected chi connectivity index (χ0v) is 18.4. The highest BCUT2D eigenvalue weighted by atomic mass is 19.3. The van der Waals surface area contributed by atoms with Gasteiger partial charge in [0, 0.05) is 19.4 Å². The number of nitrogens with one attached hydrogen (secondary N) is 1. The standard InChI is InChI=1S/C24H24F2N2O6/c1-33-12-19(21(29)28-13-24(25,26)10-20(28)22(30)31)27-23(32)34-11-18-16-8-4-2-6-14(16)15-7-3-5-9-17(15)18/h2-9,18-20H,10-13H2,1H3,(H,27,32)(H,30,31)/t19?,20-/m1/s1. The molecule has 34 heavy (non-hydrogen) atoms. The van der Waals surface area contributed by atoms with Crippen molar-refractivity contribution in [2.45, 2.75) is 30.3 Å². The molecule has 4 rings (SSSR count). The minimum atomic E-state index is -3.33. The summed E-state index contributed by atoms with van der Waals surface area (Å²) in [5, 5.41) is 11.6.